The zero-order valence-electron chi connectivity index (χ0n) is 17.1. The normalized spacial score (nSPS) is 12.0. The van der Waals surface area contributed by atoms with Crippen LogP contribution in [0.25, 0.3) is 6.08 Å². The predicted octanol–water partition coefficient (Wildman–Crippen LogP) is 4.67. The highest BCUT2D eigenvalue weighted by atomic mass is 19.1. The Morgan fingerprint density at radius 2 is 1.89 bits per heavy atom. The maximum Gasteiger partial charge on any atom is 0.185 e. The van der Waals surface area contributed by atoms with Gasteiger partial charge >= 0.3 is 0 Å². The van der Waals surface area contributed by atoms with Crippen molar-refractivity contribution in [1.82, 2.24) is 4.90 Å². The van der Waals surface area contributed by atoms with E-state index < -0.39 is 11.6 Å². The van der Waals surface area contributed by atoms with E-state index in [-0.39, 0.29) is 16.8 Å². The van der Waals surface area contributed by atoms with Crippen LogP contribution < -0.4 is 4.74 Å². The number of allylic oxidation sites excluding steroid dienone is 1. The van der Waals surface area contributed by atoms with Crippen LogP contribution in [-0.4, -0.2) is 43.0 Å². The first-order chi connectivity index (χ1) is 13.1. The largest absolute Gasteiger partial charge is 0.505 e. The van der Waals surface area contributed by atoms with Crippen molar-refractivity contribution in [2.45, 2.75) is 26.2 Å². The highest BCUT2D eigenvalue weighted by Gasteiger charge is 2.16. The molecule has 0 saturated carbocycles. The second-order valence-corrected chi connectivity index (χ2v) is 8.02. The molecule has 150 valence electrons. The summed E-state index contributed by atoms with van der Waals surface area (Å²) in [5, 5.41) is 9.27. The number of phenols is 1. The van der Waals surface area contributed by atoms with Crippen molar-refractivity contribution in [1.29, 1.82) is 0 Å². The van der Waals surface area contributed by atoms with Crippen LogP contribution in [-0.2, 0) is 5.41 Å². The lowest BCUT2D eigenvalue weighted by Crippen LogP contribution is -2.19. The van der Waals surface area contributed by atoms with Crippen LogP contribution in [0.2, 0.25) is 0 Å². The summed E-state index contributed by atoms with van der Waals surface area (Å²) < 4.78 is 19.4. The van der Waals surface area contributed by atoms with Crippen LogP contribution in [0.15, 0.2) is 42.5 Å². The monoisotopic (exact) mass is 385 g/mol. The number of hydrogen-bond acceptors (Lipinski definition) is 4. The molecule has 2 aromatic carbocycles. The summed E-state index contributed by atoms with van der Waals surface area (Å²) >= 11 is 0. The number of likely N-dealkylation sites (N-methyl/N-ethyl adjacent to an activating group) is 1. The third-order valence-corrected chi connectivity index (χ3v) is 4.32. The molecule has 0 bridgehead atoms. The second-order valence-electron chi connectivity index (χ2n) is 8.02. The number of phenolic OH excluding ortho intramolecular Hbond substituents is 1. The molecule has 0 aliphatic carbocycles. The molecule has 4 nitrogen and oxygen atoms in total. The van der Waals surface area contributed by atoms with Crippen LogP contribution in [0.5, 0.6) is 11.5 Å². The van der Waals surface area contributed by atoms with Crippen molar-refractivity contribution in [2.75, 3.05) is 27.2 Å². The van der Waals surface area contributed by atoms with Crippen LogP contribution in [0.1, 0.15) is 42.3 Å². The van der Waals surface area contributed by atoms with Crippen molar-refractivity contribution in [3.05, 3.63) is 65.0 Å². The average Bonchev–Trinajstić information content (AvgIpc) is 2.61. The van der Waals surface area contributed by atoms with E-state index in [1.807, 2.05) is 37.2 Å². The van der Waals surface area contributed by atoms with Gasteiger partial charge in [0.15, 0.2) is 17.3 Å². The molecule has 28 heavy (non-hydrogen) atoms. The Morgan fingerprint density at radius 3 is 2.50 bits per heavy atom. The minimum atomic E-state index is -0.818. The summed E-state index contributed by atoms with van der Waals surface area (Å²) in [5.74, 6) is -0.952. The molecule has 0 aromatic heterocycles. The van der Waals surface area contributed by atoms with Crippen molar-refractivity contribution < 1.29 is 19.0 Å². The third kappa shape index (κ3) is 5.92. The van der Waals surface area contributed by atoms with E-state index in [2.05, 4.69) is 20.8 Å². The summed E-state index contributed by atoms with van der Waals surface area (Å²) in [5.41, 5.74) is 2.04. The van der Waals surface area contributed by atoms with E-state index in [0.29, 0.717) is 12.4 Å². The van der Waals surface area contributed by atoms with Gasteiger partial charge in [-0.3, -0.25) is 4.79 Å². The molecule has 0 unspecified atom stereocenters. The molecule has 2 rings (SSSR count). The summed E-state index contributed by atoms with van der Waals surface area (Å²) in [6, 6.07) is 9.55. The molecule has 2 aromatic rings. The Balaban J connectivity index is 2.30. The zero-order chi connectivity index (χ0) is 20.9. The highest BCUT2D eigenvalue weighted by Crippen LogP contribution is 2.29. The summed E-state index contributed by atoms with van der Waals surface area (Å²) in [4.78, 5) is 14.4. The molecule has 1 N–H and O–H groups in total. The fraction of sp³-hybridized carbons (Fsp3) is 0.348. The summed E-state index contributed by atoms with van der Waals surface area (Å²) in [6.07, 6.45) is 3.08. The molecule has 0 heterocycles. The fourth-order valence-corrected chi connectivity index (χ4v) is 2.54. The van der Waals surface area contributed by atoms with E-state index >= 15 is 0 Å². The molecule has 0 spiro atoms. The summed E-state index contributed by atoms with van der Waals surface area (Å²) in [6.45, 7) is 7.65. The highest BCUT2D eigenvalue weighted by molar-refractivity contribution is 6.07. The Kier molecular flexibility index (Phi) is 6.97. The van der Waals surface area contributed by atoms with Gasteiger partial charge in [0.25, 0.3) is 0 Å². The number of rotatable bonds is 7. The lowest BCUT2D eigenvalue weighted by molar-refractivity contribution is 0.104. The Morgan fingerprint density at radius 1 is 1.18 bits per heavy atom. The van der Waals surface area contributed by atoms with Crippen molar-refractivity contribution in [2.24, 2.45) is 0 Å². The molecule has 0 fully saturated rings. The minimum absolute atomic E-state index is 0.0468. The predicted molar refractivity (Wildman–Crippen MR) is 111 cm³/mol. The molecular weight excluding hydrogens is 357 g/mol. The average molecular weight is 385 g/mol. The molecule has 0 atom stereocenters. The first kappa shape index (κ1) is 21.6. The Hall–Kier alpha value is -2.66. The van der Waals surface area contributed by atoms with Gasteiger partial charge in [-0.25, -0.2) is 4.39 Å². The van der Waals surface area contributed by atoms with E-state index in [4.69, 9.17) is 4.74 Å². The van der Waals surface area contributed by atoms with Crippen LogP contribution in [0.4, 0.5) is 4.39 Å². The fourth-order valence-electron chi connectivity index (χ4n) is 2.54. The molecule has 0 amide bonds. The lowest BCUT2D eigenvalue weighted by atomic mass is 9.86. The first-order valence-corrected chi connectivity index (χ1v) is 9.21. The maximum absolute atomic E-state index is 13.5. The lowest BCUT2D eigenvalue weighted by Gasteiger charge is -2.21. The van der Waals surface area contributed by atoms with Crippen LogP contribution in [0, 0.1) is 5.82 Å². The quantitative estimate of drug-likeness (QED) is 0.556. The number of ketones is 1. The van der Waals surface area contributed by atoms with Crippen molar-refractivity contribution >= 4 is 11.9 Å². The SMILES string of the molecule is CN(C)CCOc1ccc(C(C)(C)C)cc1C=CC(=O)c1ccc(O)c(F)c1. The first-order valence-electron chi connectivity index (χ1n) is 9.21. The van der Waals surface area contributed by atoms with Gasteiger partial charge in [0.1, 0.15) is 12.4 Å². The van der Waals surface area contributed by atoms with Crippen LogP contribution >= 0.6 is 0 Å². The zero-order valence-corrected chi connectivity index (χ0v) is 17.1. The number of aromatic hydroxyl groups is 1. The smallest absolute Gasteiger partial charge is 0.185 e. The molecule has 0 saturated heterocycles. The molecular formula is C23H28FNO3. The maximum atomic E-state index is 13.5. The number of carbonyl (C=O) groups excluding carboxylic acids is 1. The van der Waals surface area contributed by atoms with E-state index in [0.717, 1.165) is 23.7 Å². The molecule has 0 aliphatic heterocycles. The third-order valence-electron chi connectivity index (χ3n) is 4.32. The van der Waals surface area contributed by atoms with E-state index in [9.17, 15) is 14.3 Å². The van der Waals surface area contributed by atoms with Crippen LogP contribution in [0.3, 0.4) is 0 Å². The van der Waals surface area contributed by atoms with Gasteiger partial charge < -0.3 is 14.7 Å². The van der Waals surface area contributed by atoms with E-state index in [1.165, 1.54) is 18.2 Å². The molecule has 0 aliphatic rings. The van der Waals surface area contributed by atoms with E-state index in [1.54, 1.807) is 6.08 Å². The van der Waals surface area contributed by atoms with Gasteiger partial charge in [0.2, 0.25) is 0 Å². The minimum Gasteiger partial charge on any atom is -0.505 e. The van der Waals surface area contributed by atoms with Gasteiger partial charge in [-0.1, -0.05) is 26.8 Å². The number of nitrogens with zero attached hydrogens (tertiary/aromatic N) is 1. The second kappa shape index (κ2) is 9.02. The van der Waals surface area contributed by atoms with Gasteiger partial charge in [0, 0.05) is 17.7 Å². The van der Waals surface area contributed by atoms with Gasteiger partial charge in [-0.15, -0.1) is 0 Å². The van der Waals surface area contributed by atoms with Gasteiger partial charge in [0.05, 0.1) is 0 Å². The van der Waals surface area contributed by atoms with Gasteiger partial charge in [-0.05, 0) is 67.6 Å². The molecule has 0 radical (unpaired) electrons. The Bertz CT molecular complexity index is 867. The van der Waals surface area contributed by atoms with Crippen molar-refractivity contribution in [3.63, 3.8) is 0 Å². The Labute approximate surface area is 166 Å². The number of benzene rings is 2. The number of hydrogen-bond donors (Lipinski definition) is 1. The number of halogens is 1. The number of ether oxygens (including phenoxy) is 1. The van der Waals surface area contributed by atoms with Crippen molar-refractivity contribution in [3.8, 4) is 11.5 Å². The standard InChI is InChI=1S/C23H28FNO3/c1-23(2,3)18-8-11-22(28-13-12-25(4)5)17(14-18)7-9-20(26)16-6-10-21(27)19(24)15-16/h6-11,14-15,27H,12-13H2,1-5H3. The molecule has 5 heteroatoms. The topological polar surface area (TPSA) is 49.8 Å². The summed E-state index contributed by atoms with van der Waals surface area (Å²) in [7, 11) is 3.95. The van der Waals surface area contributed by atoms with Gasteiger partial charge in [-0.2, -0.15) is 0 Å². The number of carbonyl (C=O) groups is 1.